The Morgan fingerprint density at radius 1 is 1.47 bits per heavy atom. The standard InChI is InChI=1S/C13H18ClN3O2/c1-15-11-4-3-10(14)12(16-11)13(18)17-7-5-9(19-2)6-8-17/h3-4,9H,5-8H2,1-2H3,(H,15,16). The number of aromatic nitrogens is 1. The number of methoxy groups -OCH3 is 1. The van der Waals surface area contributed by atoms with Crippen molar-refractivity contribution < 1.29 is 9.53 Å². The lowest BCUT2D eigenvalue weighted by Gasteiger charge is -2.31. The maximum Gasteiger partial charge on any atom is 0.274 e. The SMILES string of the molecule is CNc1ccc(Cl)c(C(=O)N2CCC(OC)CC2)n1. The highest BCUT2D eigenvalue weighted by molar-refractivity contribution is 6.33. The second-order valence-corrected chi connectivity index (χ2v) is 4.91. The minimum Gasteiger partial charge on any atom is -0.381 e. The Kier molecular flexibility index (Phi) is 4.61. The van der Waals surface area contributed by atoms with Crippen LogP contribution < -0.4 is 5.32 Å². The Balaban J connectivity index is 2.11. The van der Waals surface area contributed by atoms with Crippen molar-refractivity contribution in [2.45, 2.75) is 18.9 Å². The van der Waals surface area contributed by atoms with Crippen LogP contribution in [-0.4, -0.2) is 49.1 Å². The van der Waals surface area contributed by atoms with Gasteiger partial charge in [-0.25, -0.2) is 4.98 Å². The third-order valence-corrected chi connectivity index (χ3v) is 3.67. The average molecular weight is 284 g/mol. The summed E-state index contributed by atoms with van der Waals surface area (Å²) in [5.41, 5.74) is 0.310. The Labute approximate surface area is 117 Å². The molecule has 0 bridgehead atoms. The molecule has 0 saturated carbocycles. The lowest BCUT2D eigenvalue weighted by atomic mass is 10.1. The number of likely N-dealkylation sites (tertiary alicyclic amines) is 1. The molecule has 1 aliphatic rings. The summed E-state index contributed by atoms with van der Waals surface area (Å²) in [6, 6.07) is 3.44. The van der Waals surface area contributed by atoms with Crippen LogP contribution in [0.4, 0.5) is 5.82 Å². The van der Waals surface area contributed by atoms with Crippen molar-refractivity contribution in [1.82, 2.24) is 9.88 Å². The molecule has 0 unspecified atom stereocenters. The number of carbonyl (C=O) groups excluding carboxylic acids is 1. The van der Waals surface area contributed by atoms with Crippen molar-refractivity contribution in [3.8, 4) is 0 Å². The Morgan fingerprint density at radius 2 is 2.16 bits per heavy atom. The number of anilines is 1. The maximum absolute atomic E-state index is 12.4. The zero-order valence-electron chi connectivity index (χ0n) is 11.1. The Bertz CT molecular complexity index is 459. The highest BCUT2D eigenvalue weighted by atomic mass is 35.5. The number of nitrogens with zero attached hydrogens (tertiary/aromatic N) is 2. The van der Waals surface area contributed by atoms with Gasteiger partial charge in [0.15, 0.2) is 0 Å². The first-order chi connectivity index (χ1) is 9.15. The van der Waals surface area contributed by atoms with Gasteiger partial charge >= 0.3 is 0 Å². The number of amides is 1. The molecule has 1 aromatic heterocycles. The first-order valence-electron chi connectivity index (χ1n) is 6.32. The third-order valence-electron chi connectivity index (χ3n) is 3.37. The number of carbonyl (C=O) groups is 1. The van der Waals surface area contributed by atoms with Crippen LogP contribution in [0.3, 0.4) is 0 Å². The van der Waals surface area contributed by atoms with Gasteiger partial charge in [0.25, 0.3) is 5.91 Å². The van der Waals surface area contributed by atoms with Gasteiger partial charge in [-0.2, -0.15) is 0 Å². The fourth-order valence-corrected chi connectivity index (χ4v) is 2.36. The molecule has 0 atom stereocenters. The molecule has 1 fully saturated rings. The zero-order chi connectivity index (χ0) is 13.8. The molecule has 0 aromatic carbocycles. The highest BCUT2D eigenvalue weighted by Crippen LogP contribution is 2.21. The number of piperidine rings is 1. The van der Waals surface area contributed by atoms with Crippen LogP contribution in [0.25, 0.3) is 0 Å². The van der Waals surface area contributed by atoms with Gasteiger partial charge in [0.1, 0.15) is 11.5 Å². The monoisotopic (exact) mass is 283 g/mol. The van der Waals surface area contributed by atoms with E-state index in [1.807, 2.05) is 0 Å². The molecule has 6 heteroatoms. The van der Waals surface area contributed by atoms with Crippen molar-refractivity contribution in [2.75, 3.05) is 32.6 Å². The number of halogens is 1. The highest BCUT2D eigenvalue weighted by Gasteiger charge is 2.25. The zero-order valence-corrected chi connectivity index (χ0v) is 11.9. The predicted molar refractivity (Wildman–Crippen MR) is 74.7 cm³/mol. The van der Waals surface area contributed by atoms with E-state index in [1.165, 1.54) is 0 Å². The fraction of sp³-hybridized carbons (Fsp3) is 0.538. The second-order valence-electron chi connectivity index (χ2n) is 4.50. The first kappa shape index (κ1) is 14.1. The van der Waals surface area contributed by atoms with E-state index < -0.39 is 0 Å². The lowest BCUT2D eigenvalue weighted by Crippen LogP contribution is -2.41. The summed E-state index contributed by atoms with van der Waals surface area (Å²) >= 11 is 6.06. The predicted octanol–water partition coefficient (Wildman–Crippen LogP) is 2.03. The molecule has 0 radical (unpaired) electrons. The average Bonchev–Trinajstić information content (AvgIpc) is 2.47. The summed E-state index contributed by atoms with van der Waals surface area (Å²) < 4.78 is 5.30. The van der Waals surface area contributed by atoms with Gasteiger partial charge in [-0.05, 0) is 25.0 Å². The molecule has 1 aromatic rings. The molecular formula is C13H18ClN3O2. The van der Waals surface area contributed by atoms with E-state index in [2.05, 4.69) is 10.3 Å². The number of ether oxygens (including phenoxy) is 1. The fourth-order valence-electron chi connectivity index (χ4n) is 2.18. The van der Waals surface area contributed by atoms with Crippen LogP contribution in [0, 0.1) is 0 Å². The minimum atomic E-state index is -0.114. The van der Waals surface area contributed by atoms with Crippen LogP contribution in [0.2, 0.25) is 5.02 Å². The van der Waals surface area contributed by atoms with Gasteiger partial charge < -0.3 is 15.0 Å². The Hall–Kier alpha value is -1.33. The van der Waals surface area contributed by atoms with Crippen molar-refractivity contribution in [3.63, 3.8) is 0 Å². The molecular weight excluding hydrogens is 266 g/mol. The summed E-state index contributed by atoms with van der Waals surface area (Å²) in [6.07, 6.45) is 1.95. The van der Waals surface area contributed by atoms with Crippen molar-refractivity contribution in [2.24, 2.45) is 0 Å². The molecule has 1 aliphatic heterocycles. The van der Waals surface area contributed by atoms with Crippen LogP contribution in [-0.2, 0) is 4.74 Å². The molecule has 2 heterocycles. The largest absolute Gasteiger partial charge is 0.381 e. The molecule has 0 spiro atoms. The summed E-state index contributed by atoms with van der Waals surface area (Å²) in [7, 11) is 3.46. The lowest BCUT2D eigenvalue weighted by molar-refractivity contribution is 0.0348. The first-order valence-corrected chi connectivity index (χ1v) is 6.70. The van der Waals surface area contributed by atoms with E-state index >= 15 is 0 Å². The number of rotatable bonds is 3. The Morgan fingerprint density at radius 3 is 2.74 bits per heavy atom. The molecule has 1 saturated heterocycles. The van der Waals surface area contributed by atoms with Gasteiger partial charge in [-0.15, -0.1) is 0 Å². The quantitative estimate of drug-likeness (QED) is 0.922. The van der Waals surface area contributed by atoms with Crippen molar-refractivity contribution in [3.05, 3.63) is 22.8 Å². The molecule has 0 aliphatic carbocycles. The molecule has 1 amide bonds. The number of hydrogen-bond donors (Lipinski definition) is 1. The van der Waals surface area contributed by atoms with Crippen LogP contribution >= 0.6 is 11.6 Å². The second kappa shape index (κ2) is 6.21. The van der Waals surface area contributed by atoms with E-state index in [9.17, 15) is 4.79 Å². The van der Waals surface area contributed by atoms with E-state index in [0.717, 1.165) is 12.8 Å². The van der Waals surface area contributed by atoms with Gasteiger partial charge in [0, 0.05) is 27.2 Å². The van der Waals surface area contributed by atoms with E-state index in [1.54, 1.807) is 31.2 Å². The van der Waals surface area contributed by atoms with Crippen LogP contribution in [0.15, 0.2) is 12.1 Å². The van der Waals surface area contributed by atoms with E-state index in [4.69, 9.17) is 16.3 Å². The number of pyridine rings is 1. The van der Waals surface area contributed by atoms with Crippen molar-refractivity contribution in [1.29, 1.82) is 0 Å². The van der Waals surface area contributed by atoms with Gasteiger partial charge in [0.2, 0.25) is 0 Å². The summed E-state index contributed by atoms with van der Waals surface area (Å²) in [5.74, 6) is 0.524. The van der Waals surface area contributed by atoms with Crippen LogP contribution in [0.1, 0.15) is 23.3 Å². The molecule has 19 heavy (non-hydrogen) atoms. The van der Waals surface area contributed by atoms with Crippen LogP contribution in [0.5, 0.6) is 0 Å². The maximum atomic E-state index is 12.4. The molecule has 2 rings (SSSR count). The summed E-state index contributed by atoms with van der Waals surface area (Å²) in [4.78, 5) is 18.4. The smallest absolute Gasteiger partial charge is 0.274 e. The summed E-state index contributed by atoms with van der Waals surface area (Å²) in [5, 5.41) is 3.29. The van der Waals surface area contributed by atoms with Gasteiger partial charge in [0.05, 0.1) is 11.1 Å². The van der Waals surface area contributed by atoms with E-state index in [-0.39, 0.29) is 12.0 Å². The third kappa shape index (κ3) is 3.16. The minimum absolute atomic E-state index is 0.114. The molecule has 104 valence electrons. The van der Waals surface area contributed by atoms with Gasteiger partial charge in [-0.3, -0.25) is 4.79 Å². The number of nitrogens with one attached hydrogen (secondary N) is 1. The van der Waals surface area contributed by atoms with Crippen molar-refractivity contribution >= 4 is 23.3 Å². The summed E-state index contributed by atoms with van der Waals surface area (Å²) in [6.45, 7) is 1.36. The van der Waals surface area contributed by atoms with E-state index in [0.29, 0.717) is 29.6 Å². The molecule has 1 N–H and O–H groups in total. The normalized spacial score (nSPS) is 16.5. The number of hydrogen-bond acceptors (Lipinski definition) is 4. The molecule has 5 nitrogen and oxygen atoms in total. The topological polar surface area (TPSA) is 54.5 Å². The van der Waals surface area contributed by atoms with Gasteiger partial charge in [-0.1, -0.05) is 11.6 Å².